The van der Waals surface area contributed by atoms with Gasteiger partial charge in [-0.2, -0.15) is 0 Å². The fraction of sp³-hybridized carbons (Fsp3) is 0.500. The highest BCUT2D eigenvalue weighted by Gasteiger charge is 2.10. The highest BCUT2D eigenvalue weighted by Crippen LogP contribution is 2.35. The number of rotatable bonds is 4. The number of nitrogens with two attached hydrogens (primary N) is 1. The molecule has 1 aromatic carbocycles. The summed E-state index contributed by atoms with van der Waals surface area (Å²) in [6.07, 6.45) is 0.129. The van der Waals surface area contributed by atoms with Crippen LogP contribution < -0.4 is 15.2 Å². The molecular weight excluding hydrogens is 226 g/mol. The van der Waals surface area contributed by atoms with Crippen LogP contribution in [-0.4, -0.2) is 12.2 Å². The van der Waals surface area contributed by atoms with Crippen LogP contribution in [0.5, 0.6) is 11.5 Å². The van der Waals surface area contributed by atoms with Gasteiger partial charge >= 0.3 is 0 Å². The normalized spacial score (nSPS) is 10.9. The van der Waals surface area contributed by atoms with Gasteiger partial charge in [0.1, 0.15) is 11.5 Å². The zero-order valence-corrected chi connectivity index (χ0v) is 10.8. The van der Waals surface area contributed by atoms with Crippen molar-refractivity contribution in [1.29, 1.82) is 0 Å². The van der Waals surface area contributed by atoms with E-state index < -0.39 is 0 Å². The van der Waals surface area contributed by atoms with Crippen LogP contribution in [-0.2, 0) is 0 Å². The van der Waals surface area contributed by atoms with Gasteiger partial charge in [0.15, 0.2) is 0 Å². The minimum atomic E-state index is 0.0637. The van der Waals surface area contributed by atoms with Crippen LogP contribution in [0.3, 0.4) is 0 Å². The fourth-order valence-electron chi connectivity index (χ4n) is 1.25. The lowest BCUT2D eigenvalue weighted by atomic mass is 10.2. The number of ether oxygens (including phenoxy) is 2. The van der Waals surface area contributed by atoms with Crippen LogP contribution in [0.1, 0.15) is 27.7 Å². The molecule has 1 aromatic rings. The van der Waals surface area contributed by atoms with Crippen LogP contribution in [0.25, 0.3) is 0 Å². The van der Waals surface area contributed by atoms with Gasteiger partial charge in [0.25, 0.3) is 0 Å². The highest BCUT2D eigenvalue weighted by atomic mass is 35.5. The second-order valence-electron chi connectivity index (χ2n) is 4.15. The van der Waals surface area contributed by atoms with Crippen molar-refractivity contribution in [3.63, 3.8) is 0 Å². The first-order chi connectivity index (χ1) is 7.40. The van der Waals surface area contributed by atoms with Gasteiger partial charge < -0.3 is 15.2 Å². The summed E-state index contributed by atoms with van der Waals surface area (Å²) in [6, 6.07) is 3.38. The molecule has 0 amide bonds. The number of hydrogen-bond donors (Lipinski definition) is 1. The molecule has 3 nitrogen and oxygen atoms in total. The predicted molar refractivity (Wildman–Crippen MR) is 67.4 cm³/mol. The van der Waals surface area contributed by atoms with Crippen molar-refractivity contribution < 1.29 is 9.47 Å². The molecule has 0 atom stereocenters. The molecule has 0 heterocycles. The summed E-state index contributed by atoms with van der Waals surface area (Å²) >= 11 is 6.07. The summed E-state index contributed by atoms with van der Waals surface area (Å²) in [4.78, 5) is 0. The van der Waals surface area contributed by atoms with Crippen LogP contribution in [0.4, 0.5) is 5.69 Å². The standard InChI is InChI=1S/C12H18ClNO2/c1-7(2)15-11-6-10(14)12(5-9(11)13)16-8(3)4/h5-8H,14H2,1-4H3. The number of anilines is 1. The van der Waals surface area contributed by atoms with Crippen molar-refractivity contribution in [2.75, 3.05) is 5.73 Å². The summed E-state index contributed by atoms with van der Waals surface area (Å²) in [5, 5.41) is 0.513. The molecule has 0 saturated heterocycles. The average Bonchev–Trinajstić information content (AvgIpc) is 2.11. The minimum absolute atomic E-state index is 0.0637. The molecule has 0 bridgehead atoms. The third-order valence-corrected chi connectivity index (χ3v) is 2.09. The van der Waals surface area contributed by atoms with Crippen LogP contribution >= 0.6 is 11.6 Å². The van der Waals surface area contributed by atoms with Crippen molar-refractivity contribution in [3.8, 4) is 11.5 Å². The Hall–Kier alpha value is -1.09. The Morgan fingerprint density at radius 3 is 2.00 bits per heavy atom. The van der Waals surface area contributed by atoms with Crippen molar-refractivity contribution >= 4 is 17.3 Å². The van der Waals surface area contributed by atoms with Gasteiger partial charge in [-0.05, 0) is 27.7 Å². The van der Waals surface area contributed by atoms with Crippen LogP contribution in [0.15, 0.2) is 12.1 Å². The smallest absolute Gasteiger partial charge is 0.144 e. The molecule has 1 rings (SSSR count). The lowest BCUT2D eigenvalue weighted by Gasteiger charge is -2.16. The quantitative estimate of drug-likeness (QED) is 0.824. The van der Waals surface area contributed by atoms with E-state index in [2.05, 4.69) is 0 Å². The van der Waals surface area contributed by atoms with Crippen molar-refractivity contribution in [3.05, 3.63) is 17.2 Å². The topological polar surface area (TPSA) is 44.5 Å². The number of hydrogen-bond acceptors (Lipinski definition) is 3. The van der Waals surface area contributed by atoms with Gasteiger partial charge in [0.2, 0.25) is 0 Å². The van der Waals surface area contributed by atoms with E-state index in [0.29, 0.717) is 22.2 Å². The van der Waals surface area contributed by atoms with Crippen molar-refractivity contribution in [2.45, 2.75) is 39.9 Å². The maximum absolute atomic E-state index is 6.07. The first-order valence-electron chi connectivity index (χ1n) is 5.32. The number of halogens is 1. The van der Waals surface area contributed by atoms with E-state index in [4.69, 9.17) is 26.8 Å². The van der Waals surface area contributed by atoms with Gasteiger partial charge in [0.05, 0.1) is 22.9 Å². The van der Waals surface area contributed by atoms with Gasteiger partial charge in [-0.1, -0.05) is 11.6 Å². The summed E-state index contributed by atoms with van der Waals surface area (Å²) in [7, 11) is 0. The molecule has 0 aromatic heterocycles. The monoisotopic (exact) mass is 243 g/mol. The van der Waals surface area contributed by atoms with Gasteiger partial charge in [0, 0.05) is 12.1 Å². The average molecular weight is 244 g/mol. The molecule has 0 unspecified atom stereocenters. The molecule has 4 heteroatoms. The van der Waals surface area contributed by atoms with E-state index in [1.807, 2.05) is 27.7 Å². The third kappa shape index (κ3) is 3.49. The Morgan fingerprint density at radius 1 is 1.00 bits per heavy atom. The molecule has 0 aliphatic carbocycles. The predicted octanol–water partition coefficient (Wildman–Crippen LogP) is 3.50. The van der Waals surface area contributed by atoms with Gasteiger partial charge in [-0.3, -0.25) is 0 Å². The molecule has 90 valence electrons. The molecule has 2 N–H and O–H groups in total. The van der Waals surface area contributed by atoms with E-state index in [-0.39, 0.29) is 12.2 Å². The molecular formula is C12H18ClNO2. The molecule has 0 spiro atoms. The van der Waals surface area contributed by atoms with E-state index in [0.717, 1.165) is 0 Å². The third-order valence-electron chi connectivity index (χ3n) is 1.79. The van der Waals surface area contributed by atoms with Gasteiger partial charge in [-0.25, -0.2) is 0 Å². The second kappa shape index (κ2) is 5.30. The summed E-state index contributed by atoms with van der Waals surface area (Å²) in [5.74, 6) is 1.18. The number of nitrogen functional groups attached to an aromatic ring is 1. The second-order valence-corrected chi connectivity index (χ2v) is 4.56. The summed E-state index contributed by atoms with van der Waals surface area (Å²) < 4.78 is 11.0. The summed E-state index contributed by atoms with van der Waals surface area (Å²) in [6.45, 7) is 7.74. The Morgan fingerprint density at radius 2 is 1.50 bits per heavy atom. The van der Waals surface area contributed by atoms with Crippen molar-refractivity contribution in [2.24, 2.45) is 0 Å². The van der Waals surface area contributed by atoms with E-state index in [1.165, 1.54) is 0 Å². The molecule has 0 fully saturated rings. The first-order valence-corrected chi connectivity index (χ1v) is 5.70. The lowest BCUT2D eigenvalue weighted by Crippen LogP contribution is -2.09. The largest absolute Gasteiger partial charge is 0.489 e. The molecule has 0 saturated carbocycles. The Labute approximate surface area is 101 Å². The number of benzene rings is 1. The SMILES string of the molecule is CC(C)Oc1cc(Cl)c(OC(C)C)cc1N. The zero-order valence-electron chi connectivity index (χ0n) is 10.1. The fourth-order valence-corrected chi connectivity index (χ4v) is 1.45. The summed E-state index contributed by atoms with van der Waals surface area (Å²) in [5.41, 5.74) is 6.39. The maximum Gasteiger partial charge on any atom is 0.144 e. The highest BCUT2D eigenvalue weighted by molar-refractivity contribution is 6.32. The first kappa shape index (κ1) is 13.0. The molecule has 0 aliphatic heterocycles. The Bertz CT molecular complexity index is 329. The molecule has 0 aliphatic rings. The minimum Gasteiger partial charge on any atom is -0.489 e. The van der Waals surface area contributed by atoms with E-state index in [1.54, 1.807) is 12.1 Å². The lowest BCUT2D eigenvalue weighted by molar-refractivity contribution is 0.236. The molecule has 16 heavy (non-hydrogen) atoms. The van der Waals surface area contributed by atoms with E-state index in [9.17, 15) is 0 Å². The molecule has 0 radical (unpaired) electrons. The van der Waals surface area contributed by atoms with Crippen LogP contribution in [0, 0.1) is 0 Å². The Kier molecular flexibility index (Phi) is 4.30. The van der Waals surface area contributed by atoms with Gasteiger partial charge in [-0.15, -0.1) is 0 Å². The van der Waals surface area contributed by atoms with Crippen molar-refractivity contribution in [1.82, 2.24) is 0 Å². The maximum atomic E-state index is 6.07. The Balaban J connectivity index is 2.97. The zero-order chi connectivity index (χ0) is 12.3. The van der Waals surface area contributed by atoms with E-state index >= 15 is 0 Å². The van der Waals surface area contributed by atoms with Crippen LogP contribution in [0.2, 0.25) is 5.02 Å².